The summed E-state index contributed by atoms with van der Waals surface area (Å²) in [6.45, 7) is -0.0777. The van der Waals surface area contributed by atoms with Crippen LogP contribution in [-0.4, -0.2) is 42.9 Å². The summed E-state index contributed by atoms with van der Waals surface area (Å²) < 4.78 is 27.4. The zero-order valence-electron chi connectivity index (χ0n) is 14.1. The number of sulfonamides is 1. The Morgan fingerprint density at radius 3 is 2.40 bits per heavy atom. The summed E-state index contributed by atoms with van der Waals surface area (Å²) in [7, 11) is -3.65. The molecule has 4 N–H and O–H groups in total. The Morgan fingerprint density at radius 1 is 1.16 bits per heavy atom. The first-order chi connectivity index (χ1) is 11.8. The molecule has 1 aliphatic carbocycles. The van der Waals surface area contributed by atoms with E-state index in [1.54, 1.807) is 24.3 Å². The fourth-order valence-corrected chi connectivity index (χ4v) is 4.72. The van der Waals surface area contributed by atoms with Crippen molar-refractivity contribution in [1.29, 1.82) is 0 Å². The van der Waals surface area contributed by atoms with Crippen LogP contribution in [0.4, 0.5) is 4.79 Å². The van der Waals surface area contributed by atoms with Crippen molar-refractivity contribution in [2.24, 2.45) is 0 Å². The molecule has 0 spiro atoms. The van der Waals surface area contributed by atoms with Crippen LogP contribution >= 0.6 is 0 Å². The molecule has 0 radical (unpaired) electrons. The molecule has 2 rings (SSSR count). The normalized spacial score (nSPS) is 18.4. The van der Waals surface area contributed by atoms with Gasteiger partial charge in [0, 0.05) is 12.6 Å². The maximum absolute atomic E-state index is 12.4. The van der Waals surface area contributed by atoms with E-state index in [-0.39, 0.29) is 18.7 Å². The Morgan fingerprint density at radius 2 is 1.80 bits per heavy atom. The van der Waals surface area contributed by atoms with Crippen LogP contribution in [0.15, 0.2) is 30.3 Å². The second kappa shape index (κ2) is 8.64. The molecule has 1 unspecified atom stereocenters. The average Bonchev–Trinajstić information content (AvgIpc) is 2.53. The molecule has 25 heavy (non-hydrogen) atoms. The van der Waals surface area contributed by atoms with E-state index in [2.05, 4.69) is 10.0 Å². The number of amides is 1. The third kappa shape index (κ3) is 7.01. The van der Waals surface area contributed by atoms with Gasteiger partial charge in [0.15, 0.2) is 0 Å². The molecule has 1 aromatic carbocycles. The highest BCUT2D eigenvalue weighted by atomic mass is 32.2. The van der Waals surface area contributed by atoms with Crippen LogP contribution in [0.5, 0.6) is 0 Å². The standard InChI is InChI=1S/C17H26N2O5S/c20-16(21)18-12-15(11-17(22)9-5-2-6-10-17)19-25(23,24)13-14-7-3-1-4-8-14/h1,3-4,7-8,15,18-19,22H,2,5-6,9-13H2,(H,20,21). The van der Waals surface area contributed by atoms with Crippen molar-refractivity contribution in [1.82, 2.24) is 10.0 Å². The summed E-state index contributed by atoms with van der Waals surface area (Å²) in [5.74, 6) is -0.185. The van der Waals surface area contributed by atoms with Crippen molar-refractivity contribution in [3.63, 3.8) is 0 Å². The second-order valence-corrected chi connectivity index (χ2v) is 8.49. The Labute approximate surface area is 148 Å². The number of carbonyl (C=O) groups is 1. The van der Waals surface area contributed by atoms with Gasteiger partial charge in [0.2, 0.25) is 10.0 Å². The molecule has 0 aromatic heterocycles. The van der Waals surface area contributed by atoms with Gasteiger partial charge in [-0.3, -0.25) is 0 Å². The fourth-order valence-electron chi connectivity index (χ4n) is 3.33. The maximum Gasteiger partial charge on any atom is 0.404 e. The molecule has 1 atom stereocenters. The number of rotatable bonds is 8. The number of carboxylic acid groups (broad SMARTS) is 1. The number of hydrogen-bond donors (Lipinski definition) is 4. The number of benzene rings is 1. The molecule has 7 nitrogen and oxygen atoms in total. The minimum atomic E-state index is -3.65. The molecule has 0 aliphatic heterocycles. The Hall–Kier alpha value is -1.64. The topological polar surface area (TPSA) is 116 Å². The molecule has 1 amide bonds. The van der Waals surface area contributed by atoms with E-state index in [4.69, 9.17) is 5.11 Å². The van der Waals surface area contributed by atoms with Crippen molar-refractivity contribution in [2.75, 3.05) is 6.54 Å². The first kappa shape index (κ1) is 19.7. The molecule has 0 bridgehead atoms. The zero-order valence-corrected chi connectivity index (χ0v) is 15.0. The van der Waals surface area contributed by atoms with Crippen LogP contribution < -0.4 is 10.0 Å². The second-order valence-electron chi connectivity index (χ2n) is 6.73. The van der Waals surface area contributed by atoms with Gasteiger partial charge in [-0.2, -0.15) is 0 Å². The highest BCUT2D eigenvalue weighted by Gasteiger charge is 2.33. The van der Waals surface area contributed by atoms with Crippen LogP contribution in [0.3, 0.4) is 0 Å². The molecule has 0 saturated heterocycles. The van der Waals surface area contributed by atoms with Crippen molar-refractivity contribution in [3.05, 3.63) is 35.9 Å². The van der Waals surface area contributed by atoms with Crippen LogP contribution in [0.1, 0.15) is 44.1 Å². The lowest BCUT2D eigenvalue weighted by molar-refractivity contribution is -0.0103. The summed E-state index contributed by atoms with van der Waals surface area (Å²) >= 11 is 0. The van der Waals surface area contributed by atoms with Crippen LogP contribution in [0.2, 0.25) is 0 Å². The van der Waals surface area contributed by atoms with E-state index in [9.17, 15) is 18.3 Å². The van der Waals surface area contributed by atoms with E-state index < -0.39 is 27.8 Å². The summed E-state index contributed by atoms with van der Waals surface area (Å²) in [4.78, 5) is 10.8. The minimum Gasteiger partial charge on any atom is -0.465 e. The molecule has 1 aliphatic rings. The lowest BCUT2D eigenvalue weighted by Gasteiger charge is -2.35. The first-order valence-electron chi connectivity index (χ1n) is 8.51. The molecule has 1 fully saturated rings. The third-order valence-electron chi connectivity index (χ3n) is 4.46. The summed E-state index contributed by atoms with van der Waals surface area (Å²) in [5.41, 5.74) is -0.297. The lowest BCUT2D eigenvalue weighted by Crippen LogP contribution is -2.49. The van der Waals surface area contributed by atoms with E-state index in [1.165, 1.54) is 0 Å². The van der Waals surface area contributed by atoms with Crippen molar-refractivity contribution in [2.45, 2.75) is 55.9 Å². The van der Waals surface area contributed by atoms with Gasteiger partial charge in [-0.25, -0.2) is 17.9 Å². The van der Waals surface area contributed by atoms with E-state index in [0.29, 0.717) is 18.4 Å². The Balaban J connectivity index is 2.04. The largest absolute Gasteiger partial charge is 0.465 e. The van der Waals surface area contributed by atoms with Crippen LogP contribution in [0.25, 0.3) is 0 Å². The van der Waals surface area contributed by atoms with Crippen LogP contribution in [0, 0.1) is 0 Å². The predicted octanol–water partition coefficient (Wildman–Crippen LogP) is 1.83. The smallest absolute Gasteiger partial charge is 0.404 e. The molecule has 8 heteroatoms. The summed E-state index contributed by atoms with van der Waals surface area (Å²) in [6.07, 6.45) is 3.04. The van der Waals surface area contributed by atoms with Gasteiger partial charge >= 0.3 is 6.09 Å². The van der Waals surface area contributed by atoms with Crippen molar-refractivity contribution >= 4 is 16.1 Å². The summed E-state index contributed by atoms with van der Waals surface area (Å²) in [6, 6.07) is 8.09. The molecule has 1 saturated carbocycles. The molecule has 1 aromatic rings. The highest BCUT2D eigenvalue weighted by molar-refractivity contribution is 7.88. The highest BCUT2D eigenvalue weighted by Crippen LogP contribution is 2.32. The molecular formula is C17H26N2O5S. The van der Waals surface area contributed by atoms with Gasteiger partial charge in [-0.15, -0.1) is 0 Å². The van der Waals surface area contributed by atoms with Crippen LogP contribution in [-0.2, 0) is 15.8 Å². The quantitative estimate of drug-likeness (QED) is 0.557. The lowest BCUT2D eigenvalue weighted by atomic mass is 9.80. The molecule has 140 valence electrons. The first-order valence-corrected chi connectivity index (χ1v) is 10.2. The molecule has 0 heterocycles. The average molecular weight is 370 g/mol. The molecular weight excluding hydrogens is 344 g/mol. The van der Waals surface area contributed by atoms with Gasteiger partial charge in [0.25, 0.3) is 0 Å². The zero-order chi connectivity index (χ0) is 18.3. The SMILES string of the molecule is O=C(O)NCC(CC1(O)CCCCC1)NS(=O)(=O)Cc1ccccc1. The van der Waals surface area contributed by atoms with Gasteiger partial charge in [0.05, 0.1) is 11.4 Å². The van der Waals surface area contributed by atoms with E-state index in [1.807, 2.05) is 6.07 Å². The fraction of sp³-hybridized carbons (Fsp3) is 0.588. The number of hydrogen-bond acceptors (Lipinski definition) is 4. The Bertz CT molecular complexity index is 657. The van der Waals surface area contributed by atoms with Gasteiger partial charge in [-0.05, 0) is 24.8 Å². The Kier molecular flexibility index (Phi) is 6.80. The van der Waals surface area contributed by atoms with E-state index >= 15 is 0 Å². The van der Waals surface area contributed by atoms with Gasteiger partial charge in [0.1, 0.15) is 0 Å². The van der Waals surface area contributed by atoms with Gasteiger partial charge < -0.3 is 15.5 Å². The number of nitrogens with one attached hydrogen (secondary N) is 2. The number of aliphatic hydroxyl groups is 1. The summed E-state index contributed by atoms with van der Waals surface area (Å²) in [5, 5.41) is 21.7. The van der Waals surface area contributed by atoms with Gasteiger partial charge in [-0.1, -0.05) is 49.6 Å². The minimum absolute atomic E-state index is 0.0777. The predicted molar refractivity (Wildman–Crippen MR) is 94.7 cm³/mol. The third-order valence-corrected chi connectivity index (χ3v) is 5.86. The monoisotopic (exact) mass is 370 g/mol. The van der Waals surface area contributed by atoms with Crippen molar-refractivity contribution < 1.29 is 23.4 Å². The van der Waals surface area contributed by atoms with E-state index in [0.717, 1.165) is 19.3 Å². The maximum atomic E-state index is 12.4. The van der Waals surface area contributed by atoms with Crippen molar-refractivity contribution in [3.8, 4) is 0 Å².